The van der Waals surface area contributed by atoms with E-state index in [1.165, 1.54) is 48.3 Å². The Bertz CT molecular complexity index is 2000. The van der Waals surface area contributed by atoms with Gasteiger partial charge in [0, 0.05) is 37.6 Å². The molecule has 4 rings (SSSR count). The summed E-state index contributed by atoms with van der Waals surface area (Å²) in [5.41, 5.74) is -0.219. The number of hydrogen-bond acceptors (Lipinski definition) is 22. The number of aliphatic hydroxyl groups is 4. The van der Waals surface area contributed by atoms with E-state index < -0.39 is 30.0 Å². The Balaban J connectivity index is 1.67. The fourth-order valence-corrected chi connectivity index (χ4v) is 6.14. The lowest BCUT2D eigenvalue weighted by atomic mass is 10.1. The molecule has 0 amide bonds. The number of nitrogens with one attached hydrogen (secondary N) is 2. The van der Waals surface area contributed by atoms with Gasteiger partial charge in [-0.2, -0.15) is 29.9 Å². The van der Waals surface area contributed by atoms with E-state index in [2.05, 4.69) is 40.5 Å². The topological polar surface area (TPSA) is 322 Å². The van der Waals surface area contributed by atoms with E-state index in [9.17, 15) is 46.4 Å². The van der Waals surface area contributed by atoms with Gasteiger partial charge in [-0.15, -0.1) is 0 Å². The zero-order valence-corrected chi connectivity index (χ0v) is 30.4. The minimum Gasteiger partial charge on any atom is -0.744 e. The molecule has 292 valence electrons. The molecule has 6 N–H and O–H groups in total. The molecule has 0 saturated heterocycles. The summed E-state index contributed by atoms with van der Waals surface area (Å²) < 4.78 is 84.3. The van der Waals surface area contributed by atoms with Crippen LogP contribution in [0.3, 0.4) is 0 Å². The summed E-state index contributed by atoms with van der Waals surface area (Å²) in [6.45, 7) is -0.878. The fourth-order valence-electron chi connectivity index (χ4n) is 4.75. The minimum absolute atomic E-state index is 0.0227. The van der Waals surface area contributed by atoms with Gasteiger partial charge in [0.25, 0.3) is 0 Å². The summed E-state index contributed by atoms with van der Waals surface area (Å²) in [6, 6.07) is 6.94. The van der Waals surface area contributed by atoms with E-state index >= 15 is 0 Å². The zero-order valence-electron chi connectivity index (χ0n) is 28.7. The summed E-state index contributed by atoms with van der Waals surface area (Å²) in [4.78, 5) is 26.2. The lowest BCUT2D eigenvalue weighted by molar-refractivity contribution is 0.279. The van der Waals surface area contributed by atoms with Crippen LogP contribution in [-0.4, -0.2) is 143 Å². The molecule has 2 heterocycles. The highest BCUT2D eigenvalue weighted by Crippen LogP contribution is 2.29. The zero-order chi connectivity index (χ0) is 39.5. The molecule has 2 aromatic carbocycles. The number of methoxy groups -OCH3 is 2. The van der Waals surface area contributed by atoms with Crippen LogP contribution in [0.1, 0.15) is 11.1 Å². The number of ether oxygens (including phenoxy) is 2. The van der Waals surface area contributed by atoms with Crippen molar-refractivity contribution >= 4 is 67.6 Å². The van der Waals surface area contributed by atoms with Crippen LogP contribution in [0.4, 0.5) is 35.2 Å². The van der Waals surface area contributed by atoms with Crippen molar-refractivity contribution in [2.75, 3.05) is 87.3 Å². The average Bonchev–Trinajstić information content (AvgIpc) is 3.13. The van der Waals surface area contributed by atoms with Gasteiger partial charge < -0.3 is 59.4 Å². The van der Waals surface area contributed by atoms with Gasteiger partial charge in [-0.05, 0) is 35.4 Å². The van der Waals surface area contributed by atoms with Crippen LogP contribution >= 0.6 is 0 Å². The molecular weight excluding hydrogens is 757 g/mol. The van der Waals surface area contributed by atoms with E-state index in [-0.39, 0.29) is 111 Å². The van der Waals surface area contributed by atoms with Crippen molar-refractivity contribution in [2.24, 2.45) is 0 Å². The van der Waals surface area contributed by atoms with Crippen LogP contribution in [-0.2, 0) is 20.2 Å². The molecule has 0 unspecified atom stereocenters. The third kappa shape index (κ3) is 11.1. The number of rotatable bonds is 20. The maximum atomic E-state index is 12.3. The Kier molecular flexibility index (Phi) is 14.3. The average molecular weight is 793 g/mol. The van der Waals surface area contributed by atoms with Crippen molar-refractivity contribution in [3.8, 4) is 12.0 Å². The maximum Gasteiger partial charge on any atom is 0.322 e. The summed E-state index contributed by atoms with van der Waals surface area (Å²) in [5, 5.41) is 43.1. The third-order valence-corrected chi connectivity index (χ3v) is 8.92. The molecule has 0 fully saturated rings. The van der Waals surface area contributed by atoms with E-state index in [0.717, 1.165) is 24.3 Å². The number of aromatic nitrogens is 6. The number of hydrogen-bond donors (Lipinski definition) is 6. The van der Waals surface area contributed by atoms with Crippen LogP contribution < -0.4 is 29.9 Å². The molecule has 24 heteroatoms. The smallest absolute Gasteiger partial charge is 0.322 e. The van der Waals surface area contributed by atoms with E-state index in [0.29, 0.717) is 0 Å². The van der Waals surface area contributed by atoms with Gasteiger partial charge in [0.2, 0.25) is 23.8 Å². The number of nitrogens with zero attached hydrogens (tertiary/aromatic N) is 8. The standard InChI is InChI=1S/C30H38N10O12S2/c1-51-29-35-25(33-27(37-29)39(9-13-41)10-14-42)31-21-7-5-19(23(17-21)53(45,46)47)3-4-20-6-8-22(18-24(20)54(48,49)50)32-26-34-28(38-30(36-26)52-2)40(11-15-43)12-16-44/h3-8,17-18,41-44H,9-16H2,1-2H3,(H,45,46,47)(H,48,49,50)(H,31,33,35,37)(H,32,34,36,38)/p-2/b4-3+. The molecule has 0 aliphatic carbocycles. The van der Waals surface area contributed by atoms with Gasteiger partial charge in [0.1, 0.15) is 20.2 Å². The lowest BCUT2D eigenvalue weighted by Crippen LogP contribution is -2.31. The van der Waals surface area contributed by atoms with Crippen molar-refractivity contribution in [1.82, 2.24) is 29.9 Å². The van der Waals surface area contributed by atoms with Crippen molar-refractivity contribution in [2.45, 2.75) is 9.79 Å². The summed E-state index contributed by atoms with van der Waals surface area (Å²) in [6.07, 6.45) is 2.27. The highest BCUT2D eigenvalue weighted by Gasteiger charge is 2.18. The summed E-state index contributed by atoms with van der Waals surface area (Å²) in [5.74, 6) is -0.216. The Morgan fingerprint density at radius 2 is 0.963 bits per heavy atom. The Morgan fingerprint density at radius 1 is 0.611 bits per heavy atom. The largest absolute Gasteiger partial charge is 0.744 e. The molecule has 0 saturated carbocycles. The van der Waals surface area contributed by atoms with E-state index in [4.69, 9.17) is 9.47 Å². The van der Waals surface area contributed by atoms with Crippen LogP contribution in [0.5, 0.6) is 12.0 Å². The molecule has 0 aliphatic heterocycles. The Morgan fingerprint density at radius 3 is 1.26 bits per heavy atom. The maximum absolute atomic E-state index is 12.3. The Hall–Kier alpha value is -5.34. The van der Waals surface area contributed by atoms with Crippen molar-refractivity contribution < 1.29 is 55.8 Å². The minimum atomic E-state index is -5.14. The molecule has 0 aliphatic rings. The number of anilines is 6. The molecule has 0 bridgehead atoms. The molecule has 4 aromatic rings. The second kappa shape index (κ2) is 18.6. The van der Waals surface area contributed by atoms with Crippen LogP contribution in [0, 0.1) is 0 Å². The van der Waals surface area contributed by atoms with Gasteiger partial charge in [-0.1, -0.05) is 24.3 Å². The van der Waals surface area contributed by atoms with Crippen LogP contribution in [0.15, 0.2) is 46.2 Å². The summed E-state index contributed by atoms with van der Waals surface area (Å²) in [7, 11) is -7.69. The van der Waals surface area contributed by atoms with Crippen LogP contribution in [0.25, 0.3) is 12.2 Å². The second-order valence-electron chi connectivity index (χ2n) is 10.8. The normalized spacial score (nSPS) is 11.8. The fraction of sp³-hybridized carbons (Fsp3) is 0.333. The molecule has 22 nitrogen and oxygen atoms in total. The monoisotopic (exact) mass is 792 g/mol. The predicted octanol–water partition coefficient (Wildman–Crippen LogP) is -0.878. The van der Waals surface area contributed by atoms with Gasteiger partial charge in [-0.3, -0.25) is 0 Å². The van der Waals surface area contributed by atoms with Crippen molar-refractivity contribution in [1.29, 1.82) is 0 Å². The predicted molar refractivity (Wildman–Crippen MR) is 190 cm³/mol. The summed E-state index contributed by atoms with van der Waals surface area (Å²) >= 11 is 0. The third-order valence-electron chi connectivity index (χ3n) is 7.14. The molecule has 0 atom stereocenters. The molecule has 54 heavy (non-hydrogen) atoms. The highest BCUT2D eigenvalue weighted by atomic mass is 32.2. The second-order valence-corrected chi connectivity index (χ2v) is 13.5. The first kappa shape index (κ1) is 41.4. The number of benzene rings is 2. The van der Waals surface area contributed by atoms with Gasteiger partial charge in [-0.25, -0.2) is 16.8 Å². The van der Waals surface area contributed by atoms with Gasteiger partial charge >= 0.3 is 12.0 Å². The van der Waals surface area contributed by atoms with Crippen molar-refractivity contribution in [3.05, 3.63) is 47.5 Å². The van der Waals surface area contributed by atoms with E-state index in [1.54, 1.807) is 0 Å². The van der Waals surface area contributed by atoms with Gasteiger partial charge in [0.15, 0.2) is 0 Å². The lowest BCUT2D eigenvalue weighted by Gasteiger charge is -2.21. The molecule has 0 radical (unpaired) electrons. The van der Waals surface area contributed by atoms with Gasteiger partial charge in [0.05, 0.1) is 50.4 Å². The highest BCUT2D eigenvalue weighted by molar-refractivity contribution is 7.86. The molecular formula is C30H36N10O12S2-2. The first-order valence-electron chi connectivity index (χ1n) is 15.7. The molecule has 2 aromatic heterocycles. The van der Waals surface area contributed by atoms with E-state index in [1.807, 2.05) is 0 Å². The quantitative estimate of drug-likeness (QED) is 0.0467. The van der Waals surface area contributed by atoms with Crippen LogP contribution in [0.2, 0.25) is 0 Å². The van der Waals surface area contributed by atoms with Crippen molar-refractivity contribution in [3.63, 3.8) is 0 Å². The SMILES string of the molecule is COc1nc(Nc2ccc(/C=C/c3ccc(Nc4nc(OC)nc(N(CCO)CCO)n4)cc3S(=O)(=O)[O-])c(S(=O)(=O)[O-])c2)nc(N(CCO)CCO)n1. The molecule has 0 spiro atoms. The Labute approximate surface area is 309 Å². The first-order chi connectivity index (χ1) is 25.7. The first-order valence-corrected chi connectivity index (χ1v) is 18.5. The number of aliphatic hydroxyl groups excluding tert-OH is 4.